The Kier molecular flexibility index (Phi) is 4.37. The molecule has 1 aromatic carbocycles. The predicted molar refractivity (Wildman–Crippen MR) is 76.3 cm³/mol. The van der Waals surface area contributed by atoms with Crippen LogP contribution in [0.25, 0.3) is 0 Å². The first-order valence-corrected chi connectivity index (χ1v) is 8.83. The number of halogens is 1. The number of hydrogen-bond acceptors (Lipinski definition) is 4. The summed E-state index contributed by atoms with van der Waals surface area (Å²) >= 11 is 1.45. The molecule has 108 valence electrons. The van der Waals surface area contributed by atoms with E-state index in [0.29, 0.717) is 12.8 Å². The van der Waals surface area contributed by atoms with E-state index in [-0.39, 0.29) is 18.0 Å². The van der Waals surface area contributed by atoms with E-state index >= 15 is 0 Å². The molecule has 0 spiro atoms. The van der Waals surface area contributed by atoms with E-state index in [2.05, 4.69) is 6.07 Å². The van der Waals surface area contributed by atoms with Crippen LogP contribution in [-0.4, -0.2) is 36.8 Å². The second kappa shape index (κ2) is 5.72. The molecular formula is C13H15FN2O2S2. The van der Waals surface area contributed by atoms with E-state index in [1.807, 2.05) is 6.26 Å². The van der Waals surface area contributed by atoms with E-state index in [4.69, 9.17) is 0 Å². The molecule has 0 amide bonds. The van der Waals surface area contributed by atoms with Gasteiger partial charge >= 0.3 is 0 Å². The fraction of sp³-hybridized carbons (Fsp3) is 0.462. The Morgan fingerprint density at radius 3 is 2.45 bits per heavy atom. The third-order valence-corrected chi connectivity index (χ3v) is 6.79. The Balaban J connectivity index is 2.23. The summed E-state index contributed by atoms with van der Waals surface area (Å²) in [5.74, 6) is -0.741. The average Bonchev–Trinajstić information content (AvgIpc) is 2.47. The van der Waals surface area contributed by atoms with Gasteiger partial charge in [-0.05, 0) is 31.2 Å². The van der Waals surface area contributed by atoms with Gasteiger partial charge < -0.3 is 0 Å². The summed E-state index contributed by atoms with van der Waals surface area (Å²) < 4.78 is 39.2. The molecule has 0 aromatic heterocycles. The van der Waals surface area contributed by atoms with Crippen LogP contribution in [0.15, 0.2) is 29.2 Å². The molecule has 1 fully saturated rings. The first-order valence-electron chi connectivity index (χ1n) is 6.16. The van der Waals surface area contributed by atoms with Crippen molar-refractivity contribution < 1.29 is 12.8 Å². The van der Waals surface area contributed by atoms with E-state index in [0.717, 1.165) is 6.07 Å². The number of nitrogens with zero attached hydrogens (tertiary/aromatic N) is 2. The molecule has 0 saturated carbocycles. The molecule has 1 heterocycles. The Morgan fingerprint density at radius 2 is 1.95 bits per heavy atom. The van der Waals surface area contributed by atoms with Gasteiger partial charge in [0.05, 0.1) is 6.07 Å². The van der Waals surface area contributed by atoms with Crippen LogP contribution in [0.5, 0.6) is 0 Å². The summed E-state index contributed by atoms with van der Waals surface area (Å²) in [5, 5.41) is 9.19. The highest BCUT2D eigenvalue weighted by molar-refractivity contribution is 8.00. The number of hydrogen-bond donors (Lipinski definition) is 0. The van der Waals surface area contributed by atoms with Crippen molar-refractivity contribution in [3.63, 3.8) is 0 Å². The number of benzene rings is 1. The minimum absolute atomic E-state index is 0.241. The van der Waals surface area contributed by atoms with Crippen LogP contribution >= 0.6 is 11.8 Å². The molecule has 7 heteroatoms. The number of rotatable bonds is 3. The van der Waals surface area contributed by atoms with E-state index < -0.39 is 20.6 Å². The molecule has 0 radical (unpaired) electrons. The maximum atomic E-state index is 13.7. The fourth-order valence-electron chi connectivity index (χ4n) is 2.24. The molecule has 2 rings (SSSR count). The van der Waals surface area contributed by atoms with Crippen molar-refractivity contribution in [2.45, 2.75) is 22.5 Å². The summed E-state index contributed by atoms with van der Waals surface area (Å²) in [4.78, 5) is -0.298. The molecule has 1 saturated heterocycles. The smallest absolute Gasteiger partial charge is 0.207 e. The number of nitriles is 1. The van der Waals surface area contributed by atoms with Crippen molar-refractivity contribution in [2.24, 2.45) is 0 Å². The molecule has 0 aliphatic carbocycles. The van der Waals surface area contributed by atoms with Crippen molar-refractivity contribution in [3.8, 4) is 6.07 Å². The van der Waals surface area contributed by atoms with Gasteiger partial charge in [0, 0.05) is 13.1 Å². The predicted octanol–water partition coefficient (Wildman–Crippen LogP) is 2.24. The number of sulfonamides is 1. The monoisotopic (exact) mass is 314 g/mol. The molecule has 0 unspecified atom stereocenters. The third-order valence-electron chi connectivity index (χ3n) is 3.58. The van der Waals surface area contributed by atoms with Crippen LogP contribution in [0.4, 0.5) is 4.39 Å². The van der Waals surface area contributed by atoms with Gasteiger partial charge in [0.1, 0.15) is 15.5 Å². The van der Waals surface area contributed by atoms with Crippen LogP contribution in [-0.2, 0) is 10.0 Å². The van der Waals surface area contributed by atoms with Crippen LogP contribution in [0.3, 0.4) is 0 Å². The van der Waals surface area contributed by atoms with Gasteiger partial charge in [-0.2, -0.15) is 9.57 Å². The van der Waals surface area contributed by atoms with Gasteiger partial charge in [0.25, 0.3) is 0 Å². The van der Waals surface area contributed by atoms with Gasteiger partial charge in [-0.1, -0.05) is 12.1 Å². The fourth-order valence-corrected chi connectivity index (χ4v) is 4.43. The molecule has 1 aliphatic heterocycles. The maximum absolute atomic E-state index is 13.7. The third kappa shape index (κ3) is 2.68. The summed E-state index contributed by atoms with van der Waals surface area (Å²) in [6.45, 7) is 0.482. The zero-order valence-electron chi connectivity index (χ0n) is 11.0. The first kappa shape index (κ1) is 15.3. The Bertz CT molecular complexity index is 632. The average molecular weight is 314 g/mol. The quantitative estimate of drug-likeness (QED) is 0.858. The minimum Gasteiger partial charge on any atom is -0.207 e. The zero-order valence-corrected chi connectivity index (χ0v) is 12.7. The first-order chi connectivity index (χ1) is 9.45. The highest BCUT2D eigenvalue weighted by atomic mass is 32.2. The Hall–Kier alpha value is -1.10. The van der Waals surface area contributed by atoms with Crippen LogP contribution in [0.2, 0.25) is 0 Å². The van der Waals surface area contributed by atoms with Crippen LogP contribution in [0.1, 0.15) is 12.8 Å². The minimum atomic E-state index is -3.82. The van der Waals surface area contributed by atoms with Gasteiger partial charge in [0.15, 0.2) is 0 Å². The highest BCUT2D eigenvalue weighted by Gasteiger charge is 2.38. The van der Waals surface area contributed by atoms with Crippen molar-refractivity contribution in [2.75, 3.05) is 19.3 Å². The van der Waals surface area contributed by atoms with E-state index in [1.54, 1.807) is 0 Å². The van der Waals surface area contributed by atoms with Crippen LogP contribution in [0, 0.1) is 17.1 Å². The SMILES string of the molecule is CSC1(C#N)CCN(S(=O)(=O)c2ccccc2F)CC1. The summed E-state index contributed by atoms with van der Waals surface area (Å²) in [5.41, 5.74) is 0. The van der Waals surface area contributed by atoms with Gasteiger partial charge in [0.2, 0.25) is 10.0 Å². The molecule has 0 bridgehead atoms. The van der Waals surface area contributed by atoms with Crippen molar-refractivity contribution in [1.29, 1.82) is 5.26 Å². The van der Waals surface area contributed by atoms with Gasteiger partial charge in [-0.3, -0.25) is 0 Å². The lowest BCUT2D eigenvalue weighted by atomic mass is 9.99. The van der Waals surface area contributed by atoms with Crippen molar-refractivity contribution >= 4 is 21.8 Å². The summed E-state index contributed by atoms with van der Waals surface area (Å²) in [6.07, 6.45) is 2.76. The van der Waals surface area contributed by atoms with Gasteiger partial charge in [-0.25, -0.2) is 12.8 Å². The van der Waals surface area contributed by atoms with Gasteiger partial charge in [-0.15, -0.1) is 11.8 Å². The van der Waals surface area contributed by atoms with Crippen molar-refractivity contribution in [3.05, 3.63) is 30.1 Å². The van der Waals surface area contributed by atoms with E-state index in [1.165, 1.54) is 34.3 Å². The summed E-state index contributed by atoms with van der Waals surface area (Å²) in [7, 11) is -3.82. The highest BCUT2D eigenvalue weighted by Crippen LogP contribution is 2.35. The normalized spacial score (nSPS) is 19.4. The maximum Gasteiger partial charge on any atom is 0.245 e. The number of piperidine rings is 1. The van der Waals surface area contributed by atoms with Crippen LogP contribution < -0.4 is 0 Å². The Labute approximate surface area is 122 Å². The standard InChI is InChI=1S/C13H15FN2O2S2/c1-19-13(10-15)6-8-16(9-7-13)20(17,18)12-5-3-2-4-11(12)14/h2-5H,6-9H2,1H3. The molecule has 1 aromatic rings. The second-order valence-electron chi connectivity index (χ2n) is 4.64. The Morgan fingerprint density at radius 1 is 1.35 bits per heavy atom. The number of thioether (sulfide) groups is 1. The topological polar surface area (TPSA) is 61.2 Å². The zero-order chi connectivity index (χ0) is 14.8. The molecular weight excluding hydrogens is 299 g/mol. The van der Waals surface area contributed by atoms with Crippen molar-refractivity contribution in [1.82, 2.24) is 4.31 Å². The lowest BCUT2D eigenvalue weighted by molar-refractivity contribution is 0.326. The summed E-state index contributed by atoms with van der Waals surface area (Å²) in [6, 6.07) is 7.62. The molecule has 4 nitrogen and oxygen atoms in total. The largest absolute Gasteiger partial charge is 0.245 e. The molecule has 0 atom stereocenters. The van der Waals surface area contributed by atoms with E-state index in [9.17, 15) is 18.1 Å². The second-order valence-corrected chi connectivity index (χ2v) is 7.74. The molecule has 1 aliphatic rings. The lowest BCUT2D eigenvalue weighted by Crippen LogP contribution is -2.44. The molecule has 20 heavy (non-hydrogen) atoms. The molecule has 0 N–H and O–H groups in total. The lowest BCUT2D eigenvalue weighted by Gasteiger charge is -2.35.